The van der Waals surface area contributed by atoms with Gasteiger partial charge in [-0.05, 0) is 64.2 Å². The Morgan fingerprint density at radius 3 is 0.762 bits per heavy atom. The molecule has 0 aromatic rings. The molecule has 0 bridgehead atoms. The Balaban J connectivity index is 4.29. The largest absolute Gasteiger partial charge is 0.462 e. The number of hydrogen-bond donors (Lipinski definition) is 0. The highest BCUT2D eigenvalue weighted by Gasteiger charge is 2.19. The molecule has 0 amide bonds. The fraction of sp³-hybridized carbons (Fsp3) is 0.824. The van der Waals surface area contributed by atoms with E-state index in [1.54, 1.807) is 0 Å². The molecule has 0 fully saturated rings. The van der Waals surface area contributed by atoms with E-state index in [0.717, 1.165) is 109 Å². The molecule has 0 aliphatic heterocycles. The zero-order chi connectivity index (χ0) is 57.8. The van der Waals surface area contributed by atoms with Gasteiger partial charge in [-0.1, -0.05) is 351 Å². The van der Waals surface area contributed by atoms with Crippen LogP contribution in [0.2, 0.25) is 0 Å². The molecule has 0 saturated heterocycles. The summed E-state index contributed by atoms with van der Waals surface area (Å²) in [4.78, 5) is 38.4. The number of allylic oxidation sites excluding steroid dienone is 10. The Bertz CT molecular complexity index is 1430. The van der Waals surface area contributed by atoms with Crippen molar-refractivity contribution in [3.63, 3.8) is 0 Å². The number of carbonyl (C=O) groups is 3. The van der Waals surface area contributed by atoms with Crippen molar-refractivity contribution < 1.29 is 28.6 Å². The van der Waals surface area contributed by atoms with E-state index >= 15 is 0 Å². The summed E-state index contributed by atoms with van der Waals surface area (Å²) in [7, 11) is 0. The topological polar surface area (TPSA) is 78.9 Å². The number of rotatable bonds is 65. The maximum Gasteiger partial charge on any atom is 0.306 e. The minimum Gasteiger partial charge on any atom is -0.462 e. The van der Waals surface area contributed by atoms with Crippen molar-refractivity contribution in [2.45, 2.75) is 380 Å². The highest BCUT2D eigenvalue weighted by molar-refractivity contribution is 5.71. The maximum absolute atomic E-state index is 12.9. The lowest BCUT2D eigenvalue weighted by atomic mass is 10.0. The number of esters is 3. The van der Waals surface area contributed by atoms with E-state index in [1.807, 2.05) is 0 Å². The van der Waals surface area contributed by atoms with Gasteiger partial charge in [0.05, 0.1) is 0 Å². The van der Waals surface area contributed by atoms with Crippen LogP contribution < -0.4 is 0 Å². The molecule has 6 heteroatoms. The molecule has 0 radical (unpaired) electrons. The van der Waals surface area contributed by atoms with Crippen molar-refractivity contribution in [3.8, 4) is 0 Å². The van der Waals surface area contributed by atoms with Crippen LogP contribution >= 0.6 is 0 Å². The molecule has 1 atom stereocenters. The van der Waals surface area contributed by atoms with Gasteiger partial charge in [0.2, 0.25) is 0 Å². The van der Waals surface area contributed by atoms with E-state index in [-0.39, 0.29) is 31.1 Å². The van der Waals surface area contributed by atoms with Crippen LogP contribution in [0.3, 0.4) is 0 Å². The van der Waals surface area contributed by atoms with Gasteiger partial charge >= 0.3 is 17.9 Å². The Hall–Kier alpha value is -2.89. The molecule has 0 heterocycles. The van der Waals surface area contributed by atoms with Gasteiger partial charge in [0.25, 0.3) is 0 Å². The molecule has 0 aromatic carbocycles. The fourth-order valence-corrected chi connectivity index (χ4v) is 10.5. The summed E-state index contributed by atoms with van der Waals surface area (Å²) in [5.41, 5.74) is 0. The SMILES string of the molecule is CC/C=C\C/C=C\C/C=C\C/C=C\C/C=C\CCCCCCCC(=O)OC(COC(=O)CCCCCCCCCCCCCCCCC)COC(=O)CCCCCCCCCCCCCCCCCCCCCCCCCCCC. The Morgan fingerprint density at radius 1 is 0.263 bits per heavy atom. The zero-order valence-electron chi connectivity index (χ0n) is 53.6. The van der Waals surface area contributed by atoms with Gasteiger partial charge < -0.3 is 14.2 Å². The highest BCUT2D eigenvalue weighted by Crippen LogP contribution is 2.18. The van der Waals surface area contributed by atoms with Gasteiger partial charge in [-0.2, -0.15) is 0 Å². The van der Waals surface area contributed by atoms with Crippen LogP contribution in [0.1, 0.15) is 374 Å². The van der Waals surface area contributed by atoms with Gasteiger partial charge in [0, 0.05) is 19.3 Å². The molecular weight excluding hydrogens is 985 g/mol. The van der Waals surface area contributed by atoms with Gasteiger partial charge in [-0.15, -0.1) is 0 Å². The van der Waals surface area contributed by atoms with Crippen molar-refractivity contribution in [2.24, 2.45) is 0 Å². The molecule has 466 valence electrons. The maximum atomic E-state index is 12.9. The predicted octanol–water partition coefficient (Wildman–Crippen LogP) is 24.3. The molecule has 0 spiro atoms. The lowest BCUT2D eigenvalue weighted by molar-refractivity contribution is -0.167. The summed E-state index contributed by atoms with van der Waals surface area (Å²) >= 11 is 0. The van der Waals surface area contributed by atoms with Crippen LogP contribution in [0.5, 0.6) is 0 Å². The molecule has 0 aromatic heterocycles. The van der Waals surface area contributed by atoms with Crippen molar-refractivity contribution in [3.05, 3.63) is 60.8 Å². The lowest BCUT2D eigenvalue weighted by Gasteiger charge is -2.18. The summed E-state index contributed by atoms with van der Waals surface area (Å²) in [6.07, 6.45) is 88.2. The first-order chi connectivity index (χ1) is 39.5. The molecule has 6 nitrogen and oxygen atoms in total. The van der Waals surface area contributed by atoms with Crippen molar-refractivity contribution in [2.75, 3.05) is 13.2 Å². The molecule has 0 rings (SSSR count). The van der Waals surface area contributed by atoms with Crippen LogP contribution in [-0.4, -0.2) is 37.2 Å². The van der Waals surface area contributed by atoms with Crippen LogP contribution in [-0.2, 0) is 28.6 Å². The zero-order valence-corrected chi connectivity index (χ0v) is 53.6. The Morgan fingerprint density at radius 2 is 0.487 bits per heavy atom. The highest BCUT2D eigenvalue weighted by atomic mass is 16.6. The summed E-state index contributed by atoms with van der Waals surface area (Å²) in [5.74, 6) is -0.870. The number of ether oxygens (including phenoxy) is 3. The van der Waals surface area contributed by atoms with Gasteiger partial charge in [0.1, 0.15) is 13.2 Å². The second kappa shape index (κ2) is 68.6. The van der Waals surface area contributed by atoms with E-state index in [4.69, 9.17) is 14.2 Å². The third kappa shape index (κ3) is 65.9. The molecule has 0 N–H and O–H groups in total. The van der Waals surface area contributed by atoms with Gasteiger partial charge in [0.15, 0.2) is 6.10 Å². The number of hydrogen-bond acceptors (Lipinski definition) is 6. The first-order valence-corrected chi connectivity index (χ1v) is 35.3. The predicted molar refractivity (Wildman–Crippen MR) is 348 cm³/mol. The average Bonchev–Trinajstić information content (AvgIpc) is 3.46. The summed E-state index contributed by atoms with van der Waals surface area (Å²) in [6.45, 7) is 6.58. The number of unbranched alkanes of at least 4 members (excludes halogenated alkanes) is 44. The lowest BCUT2D eigenvalue weighted by Crippen LogP contribution is -2.30. The van der Waals surface area contributed by atoms with Crippen molar-refractivity contribution in [1.29, 1.82) is 0 Å². The second-order valence-corrected chi connectivity index (χ2v) is 23.8. The molecule has 80 heavy (non-hydrogen) atoms. The van der Waals surface area contributed by atoms with Crippen LogP contribution in [0.15, 0.2) is 60.8 Å². The van der Waals surface area contributed by atoms with E-state index in [2.05, 4.69) is 81.5 Å². The van der Waals surface area contributed by atoms with Gasteiger partial charge in [-0.25, -0.2) is 0 Å². The summed E-state index contributed by atoms with van der Waals surface area (Å²) in [6, 6.07) is 0. The molecular formula is C74H134O6. The Kier molecular flexibility index (Phi) is 66.1. The monoisotopic (exact) mass is 1120 g/mol. The Labute approximate surface area is 498 Å². The third-order valence-electron chi connectivity index (χ3n) is 15.8. The molecule has 1 unspecified atom stereocenters. The van der Waals surface area contributed by atoms with Crippen molar-refractivity contribution >= 4 is 17.9 Å². The quantitative estimate of drug-likeness (QED) is 0.0261. The van der Waals surface area contributed by atoms with E-state index in [0.29, 0.717) is 19.3 Å². The van der Waals surface area contributed by atoms with Crippen LogP contribution in [0.4, 0.5) is 0 Å². The van der Waals surface area contributed by atoms with E-state index < -0.39 is 6.10 Å². The third-order valence-corrected chi connectivity index (χ3v) is 15.8. The van der Waals surface area contributed by atoms with Crippen LogP contribution in [0, 0.1) is 0 Å². The van der Waals surface area contributed by atoms with E-state index in [1.165, 1.54) is 225 Å². The van der Waals surface area contributed by atoms with E-state index in [9.17, 15) is 14.4 Å². The standard InChI is InChI=1S/C74H134O6/c1-4-7-10-13-16-19-22-25-28-30-32-34-35-36-37-38-40-41-43-46-49-52-55-58-61-64-67-73(76)79-70-71(69-78-72(75)66-63-60-57-54-51-48-45-27-24-21-18-15-12-9-6-3)80-74(77)68-65-62-59-56-53-50-47-44-42-39-33-31-29-26-23-20-17-14-11-8-5-2/h8,11,17,20,26,29,33,39,44,47,71H,4-7,9-10,12-16,18-19,21-25,27-28,30-32,34-38,40-43,45-46,48-70H2,1-3H3/b11-8-,20-17-,29-26-,39-33-,47-44-. The first kappa shape index (κ1) is 77.1. The van der Waals surface area contributed by atoms with Crippen LogP contribution in [0.25, 0.3) is 0 Å². The fourth-order valence-electron chi connectivity index (χ4n) is 10.5. The second-order valence-electron chi connectivity index (χ2n) is 23.8. The van der Waals surface area contributed by atoms with Crippen molar-refractivity contribution in [1.82, 2.24) is 0 Å². The molecule has 0 aliphatic carbocycles. The average molecular weight is 1120 g/mol. The normalized spacial score (nSPS) is 12.4. The summed E-state index contributed by atoms with van der Waals surface area (Å²) in [5, 5.41) is 0. The molecule has 0 saturated carbocycles. The summed E-state index contributed by atoms with van der Waals surface area (Å²) < 4.78 is 17.0. The minimum atomic E-state index is -0.783. The van der Waals surface area contributed by atoms with Gasteiger partial charge in [-0.3, -0.25) is 14.4 Å². The first-order valence-electron chi connectivity index (χ1n) is 35.3. The smallest absolute Gasteiger partial charge is 0.306 e. The minimum absolute atomic E-state index is 0.0773. The molecule has 0 aliphatic rings. The number of carbonyl (C=O) groups excluding carboxylic acids is 3.